The smallest absolute Gasteiger partial charge is 0.330 e. The summed E-state index contributed by atoms with van der Waals surface area (Å²) in [4.78, 5) is 65.7. The van der Waals surface area contributed by atoms with Crippen molar-refractivity contribution in [3.8, 4) is 22.5 Å². The van der Waals surface area contributed by atoms with Crippen molar-refractivity contribution in [3.05, 3.63) is 397 Å². The second-order valence-corrected chi connectivity index (χ2v) is 26.1. The molecule has 14 aromatic rings. The Labute approximate surface area is 628 Å². The van der Waals surface area contributed by atoms with Gasteiger partial charge in [-0.05, 0) is 161 Å². The van der Waals surface area contributed by atoms with Gasteiger partial charge in [-0.25, -0.2) is 14.2 Å². The van der Waals surface area contributed by atoms with Crippen LogP contribution in [0.25, 0.3) is 62.5 Å². The number of carbonyl (C=O) groups is 3. The highest BCUT2D eigenvalue weighted by Crippen LogP contribution is 2.48. The zero-order chi connectivity index (χ0) is 72.2. The highest BCUT2D eigenvalue weighted by atomic mass is 16.6. The first-order valence-corrected chi connectivity index (χ1v) is 34.6. The molecular formula is C93H81N9O6. The number of aromatic nitrogens is 7. The standard InChI is InChI=1S/C36H28N4O4.C36H27N3O.C18H14N2O.3CH4/c1-25-22-27(20-21-37-25)35-31-23-26(18-19-34(41)44-2)32(40(42)43)24-33(31)39(38-35)36(28-12-6-3-7-13-28,29-14-8-4-9-15-29)30-16-10-5-11-17-30;1-25-21-27(19-20-37-25)35-33-23-26-17-18-32(40)22-28(26)24-34(33)39(38-35)36(29-11-5-2-6-12-29,30-13-7-3-8-14-30)31-15-9-4-10-16-31;1-11-6-13(4-5-19-11)18-17-9-12-2-3-16(21)8-14(12)7-15(17)10-20-18;;;/h3-24H,1-2H3;2-21,23-24H,22H2,1H3;2-7,9H,8,10H2,1H3;3*1H4/b19-18+;;;;;. The van der Waals surface area contributed by atoms with E-state index in [4.69, 9.17) is 14.9 Å². The van der Waals surface area contributed by atoms with E-state index < -0.39 is 22.0 Å². The molecule has 0 saturated heterocycles. The van der Waals surface area contributed by atoms with Gasteiger partial charge >= 0.3 is 5.97 Å². The molecule has 0 radical (unpaired) electrons. The Bertz CT molecular complexity index is 5620. The first kappa shape index (κ1) is 74.2. The Hall–Kier alpha value is -13.5. The molecule has 6 heterocycles. The molecule has 0 unspecified atom stereocenters. The van der Waals surface area contributed by atoms with Crippen molar-refractivity contribution in [2.75, 3.05) is 7.11 Å². The maximum absolute atomic E-state index is 12.5. The Morgan fingerprint density at radius 2 is 0.843 bits per heavy atom. The number of nitrogens with zero attached hydrogens (tertiary/aromatic N) is 9. The van der Waals surface area contributed by atoms with Crippen molar-refractivity contribution in [1.29, 1.82) is 0 Å². The number of hydrogen-bond acceptors (Lipinski definition) is 12. The van der Waals surface area contributed by atoms with E-state index in [1.54, 1.807) is 30.5 Å². The molecule has 3 aliphatic rings. The van der Waals surface area contributed by atoms with Crippen LogP contribution in [0.15, 0.2) is 297 Å². The summed E-state index contributed by atoms with van der Waals surface area (Å²) in [5.41, 5.74) is 20.8. The number of aryl methyl sites for hydroxylation is 3. The third-order valence-corrected chi connectivity index (χ3v) is 19.5. The van der Waals surface area contributed by atoms with E-state index in [0.29, 0.717) is 36.0 Å². The molecule has 1 aliphatic heterocycles. The largest absolute Gasteiger partial charge is 0.466 e. The summed E-state index contributed by atoms with van der Waals surface area (Å²) in [7, 11) is 1.26. The number of benzene rings is 9. The van der Waals surface area contributed by atoms with Crippen molar-refractivity contribution in [2.45, 2.75) is 73.5 Å². The van der Waals surface area contributed by atoms with E-state index >= 15 is 0 Å². The lowest BCUT2D eigenvalue weighted by Gasteiger charge is -2.37. The molecule has 0 saturated carbocycles. The molecule has 2 aliphatic carbocycles. The highest BCUT2D eigenvalue weighted by molar-refractivity contribution is 6.16. The van der Waals surface area contributed by atoms with Gasteiger partial charge in [-0.1, -0.05) is 222 Å². The monoisotopic (exact) mass is 1420 g/mol. The van der Waals surface area contributed by atoms with Crippen LogP contribution in [0.5, 0.6) is 0 Å². The van der Waals surface area contributed by atoms with Gasteiger partial charge < -0.3 is 4.74 Å². The number of esters is 1. The third kappa shape index (κ3) is 14.1. The fourth-order valence-electron chi connectivity index (χ4n) is 14.8. The number of aliphatic imine (C=N–C) groups is 1. The molecule has 15 heteroatoms. The molecule has 0 amide bonds. The maximum atomic E-state index is 12.5. The van der Waals surface area contributed by atoms with Crippen LogP contribution < -0.4 is 0 Å². The average Bonchev–Trinajstić information content (AvgIpc) is 1.54. The molecule has 108 heavy (non-hydrogen) atoms. The predicted octanol–water partition coefficient (Wildman–Crippen LogP) is 19.5. The van der Waals surface area contributed by atoms with Crippen molar-refractivity contribution in [3.63, 3.8) is 0 Å². The van der Waals surface area contributed by atoms with Gasteiger partial charge in [-0.2, -0.15) is 10.2 Å². The minimum absolute atomic E-state index is 0. The first-order chi connectivity index (χ1) is 51.3. The summed E-state index contributed by atoms with van der Waals surface area (Å²) in [5.74, 6) is -0.328. The number of hydrogen-bond donors (Lipinski definition) is 0. The van der Waals surface area contributed by atoms with Crippen molar-refractivity contribution in [1.82, 2.24) is 34.5 Å². The van der Waals surface area contributed by atoms with Gasteiger partial charge in [0.05, 0.1) is 40.9 Å². The Kier molecular flexibility index (Phi) is 21.9. The molecular weight excluding hydrogens is 1340 g/mol. The maximum Gasteiger partial charge on any atom is 0.330 e. The number of ketones is 2. The Morgan fingerprint density at radius 1 is 0.463 bits per heavy atom. The molecule has 534 valence electrons. The van der Waals surface area contributed by atoms with Gasteiger partial charge in [0.25, 0.3) is 5.69 Å². The van der Waals surface area contributed by atoms with Crippen LogP contribution in [0, 0.1) is 30.9 Å². The van der Waals surface area contributed by atoms with E-state index in [-0.39, 0.29) is 45.1 Å². The minimum atomic E-state index is -1.01. The normalized spacial score (nSPS) is 12.6. The molecule has 0 bridgehead atoms. The van der Waals surface area contributed by atoms with Gasteiger partial charge in [0.2, 0.25) is 0 Å². The van der Waals surface area contributed by atoms with Crippen molar-refractivity contribution in [2.24, 2.45) is 4.99 Å². The number of allylic oxidation sites excluding steroid dienone is 2. The fourth-order valence-corrected chi connectivity index (χ4v) is 14.8. The number of carbonyl (C=O) groups excluding carboxylic acids is 3. The third-order valence-electron chi connectivity index (χ3n) is 19.5. The number of nitro groups is 1. The molecule has 0 N–H and O–H groups in total. The van der Waals surface area contributed by atoms with Gasteiger partial charge in [-0.3, -0.25) is 39.6 Å². The molecule has 0 spiro atoms. The number of nitro benzene ring substituents is 1. The van der Waals surface area contributed by atoms with Crippen LogP contribution in [0.4, 0.5) is 5.69 Å². The van der Waals surface area contributed by atoms with E-state index in [1.165, 1.54) is 30.4 Å². The Balaban J connectivity index is 0.000000157. The number of rotatable bonds is 14. The van der Waals surface area contributed by atoms with E-state index in [9.17, 15) is 24.5 Å². The lowest BCUT2D eigenvalue weighted by molar-refractivity contribution is -0.385. The van der Waals surface area contributed by atoms with Crippen LogP contribution in [0.2, 0.25) is 0 Å². The summed E-state index contributed by atoms with van der Waals surface area (Å²) in [6.45, 7) is 6.58. The lowest BCUT2D eigenvalue weighted by atomic mass is 9.77. The van der Waals surface area contributed by atoms with Crippen molar-refractivity contribution >= 4 is 69.0 Å². The summed E-state index contributed by atoms with van der Waals surface area (Å²) in [5, 5.41) is 25.0. The van der Waals surface area contributed by atoms with Crippen LogP contribution >= 0.6 is 0 Å². The van der Waals surface area contributed by atoms with Crippen LogP contribution in [0.1, 0.15) is 117 Å². The van der Waals surface area contributed by atoms with Crippen LogP contribution in [0.3, 0.4) is 0 Å². The number of fused-ring (bicyclic) bond motifs is 5. The summed E-state index contributed by atoms with van der Waals surface area (Å²) >= 11 is 0. The van der Waals surface area contributed by atoms with Gasteiger partial charge in [0.15, 0.2) is 11.6 Å². The second kappa shape index (κ2) is 31.8. The quantitative estimate of drug-likeness (QED) is 0.0331. The molecule has 0 atom stereocenters. The summed E-state index contributed by atoms with van der Waals surface area (Å²) < 4.78 is 8.82. The van der Waals surface area contributed by atoms with E-state index in [0.717, 1.165) is 112 Å². The van der Waals surface area contributed by atoms with Crippen LogP contribution in [-0.4, -0.2) is 69.8 Å². The van der Waals surface area contributed by atoms with E-state index in [2.05, 4.69) is 134 Å². The predicted molar refractivity (Wildman–Crippen MR) is 433 cm³/mol. The average molecular weight is 1420 g/mol. The second-order valence-electron chi connectivity index (χ2n) is 26.1. The zero-order valence-electron chi connectivity index (χ0n) is 58.0. The van der Waals surface area contributed by atoms with Gasteiger partial charge in [0, 0.05) is 93.7 Å². The van der Waals surface area contributed by atoms with Crippen LogP contribution in [-0.2, 0) is 49.6 Å². The molecule has 5 aromatic heterocycles. The summed E-state index contributed by atoms with van der Waals surface area (Å²) in [6, 6.07) is 85.6. The SMILES string of the molecule is C.C.C.COC(=O)/C=C/c1cc2c(-c3ccnc(C)c3)nn(C(c3ccccc3)(c3ccccc3)c3ccccc3)c2cc1[N+](=O)[O-].Cc1cc(-c2nn(C(c3ccccc3)(c3ccccc3)c3ccccc3)c3cc4c(cc23)C=CC(=O)C4)ccn1.Cc1cc(C2=NCc3cc4c(cc32)C=CC(=O)C4)ccn1. The van der Waals surface area contributed by atoms with Crippen molar-refractivity contribution < 1.29 is 24.0 Å². The summed E-state index contributed by atoms with van der Waals surface area (Å²) in [6.07, 6.45) is 16.0. The minimum Gasteiger partial charge on any atom is -0.466 e. The zero-order valence-corrected chi connectivity index (χ0v) is 58.0. The topological polar surface area (TPSA) is 190 Å². The molecule has 15 nitrogen and oxygen atoms in total. The molecule has 9 aromatic carbocycles. The lowest BCUT2D eigenvalue weighted by Crippen LogP contribution is -2.38. The number of methoxy groups -OCH3 is 1. The van der Waals surface area contributed by atoms with Gasteiger partial charge in [-0.15, -0.1) is 0 Å². The highest BCUT2D eigenvalue weighted by Gasteiger charge is 2.43. The first-order valence-electron chi connectivity index (χ1n) is 34.6. The number of ether oxygens (including phenoxy) is 1. The molecule has 0 fully saturated rings. The number of pyridine rings is 3. The Morgan fingerprint density at radius 3 is 1.25 bits per heavy atom. The van der Waals surface area contributed by atoms with Gasteiger partial charge in [0.1, 0.15) is 22.5 Å². The van der Waals surface area contributed by atoms with E-state index in [1.807, 2.05) is 183 Å². The fraction of sp³-hybridized carbons (Fsp3) is 0.129. The molecule has 17 rings (SSSR count).